The molecule has 0 amide bonds. The summed E-state index contributed by atoms with van der Waals surface area (Å²) in [5.74, 6) is -3.99. The Morgan fingerprint density at radius 2 is 1.88 bits per heavy atom. The molecule has 0 aliphatic heterocycles. The molecule has 2 unspecified atom stereocenters. The molecule has 0 saturated heterocycles. The minimum Gasteiger partial charge on any atom is -0.481 e. The number of benzene rings is 1. The van der Waals surface area contributed by atoms with E-state index in [4.69, 9.17) is 0 Å². The molecular weight excluding hydrogens is 379 g/mol. The first kappa shape index (κ1) is 16.9. The molecule has 1 aromatic rings. The monoisotopic (exact) mass is 394 g/mol. The van der Waals surface area contributed by atoms with Gasteiger partial charge >= 0.3 is 11.9 Å². The van der Waals surface area contributed by atoms with Crippen LogP contribution in [0, 0.1) is 17.2 Å². The van der Waals surface area contributed by atoms with Gasteiger partial charge in [-0.25, -0.2) is 9.18 Å². The van der Waals surface area contributed by atoms with Crippen molar-refractivity contribution in [2.45, 2.75) is 25.7 Å². The van der Waals surface area contributed by atoms with Crippen molar-refractivity contribution in [2.24, 2.45) is 11.3 Å². The van der Waals surface area contributed by atoms with Crippen molar-refractivity contribution in [3.63, 3.8) is 0 Å². The van der Waals surface area contributed by atoms with Crippen LogP contribution in [0.2, 0.25) is 0 Å². The van der Waals surface area contributed by atoms with Crippen LogP contribution in [0.3, 0.4) is 0 Å². The fraction of sp³-hybridized carbons (Fsp3) is 0.333. The van der Waals surface area contributed by atoms with Crippen LogP contribution >= 0.6 is 15.9 Å². The van der Waals surface area contributed by atoms with Gasteiger partial charge in [-0.2, -0.15) is 0 Å². The molecule has 0 bridgehead atoms. The number of carboxylic acids is 2. The molecule has 6 heteroatoms. The Hall–Kier alpha value is -1.95. The van der Waals surface area contributed by atoms with Crippen LogP contribution in [0.4, 0.5) is 4.39 Å². The molecule has 126 valence electrons. The molecule has 0 heterocycles. The van der Waals surface area contributed by atoms with Crippen LogP contribution in [-0.2, 0) is 9.59 Å². The summed E-state index contributed by atoms with van der Waals surface area (Å²) >= 11 is 3.34. The lowest BCUT2D eigenvalue weighted by Crippen LogP contribution is -2.39. The van der Waals surface area contributed by atoms with Gasteiger partial charge < -0.3 is 10.2 Å². The molecule has 1 fully saturated rings. The van der Waals surface area contributed by atoms with Gasteiger partial charge in [-0.1, -0.05) is 24.3 Å². The molecule has 0 aromatic heterocycles. The van der Waals surface area contributed by atoms with E-state index in [1.807, 2.05) is 0 Å². The summed E-state index contributed by atoms with van der Waals surface area (Å²) in [4.78, 5) is 24.0. The third-order valence-electron chi connectivity index (χ3n) is 4.76. The molecule has 4 nitrogen and oxygen atoms in total. The van der Waals surface area contributed by atoms with Gasteiger partial charge in [-0.15, -0.1) is 0 Å². The molecule has 2 aliphatic rings. The molecule has 0 spiro atoms. The maximum absolute atomic E-state index is 14.4. The highest BCUT2D eigenvalue weighted by atomic mass is 79.9. The summed E-state index contributed by atoms with van der Waals surface area (Å²) in [6.45, 7) is 1.46. The van der Waals surface area contributed by atoms with E-state index in [0.717, 1.165) is 12.8 Å². The van der Waals surface area contributed by atoms with Gasteiger partial charge in [0.05, 0.1) is 11.0 Å². The summed E-state index contributed by atoms with van der Waals surface area (Å²) in [7, 11) is 0. The van der Waals surface area contributed by atoms with E-state index in [2.05, 4.69) is 15.9 Å². The Kier molecular flexibility index (Phi) is 4.11. The quantitative estimate of drug-likeness (QED) is 0.806. The second-order valence-electron chi connectivity index (χ2n) is 6.45. The molecule has 1 aromatic carbocycles. The second-order valence-corrected chi connectivity index (χ2v) is 7.24. The summed E-state index contributed by atoms with van der Waals surface area (Å²) in [5.41, 5.74) is -0.868. The Bertz CT molecular complexity index is 794. The van der Waals surface area contributed by atoms with Gasteiger partial charge in [0, 0.05) is 10.4 Å². The van der Waals surface area contributed by atoms with Gasteiger partial charge in [0.2, 0.25) is 0 Å². The van der Waals surface area contributed by atoms with Crippen LogP contribution < -0.4 is 0 Å². The van der Waals surface area contributed by atoms with E-state index < -0.39 is 29.1 Å². The molecule has 0 radical (unpaired) electrons. The third-order valence-corrected chi connectivity index (χ3v) is 5.64. The number of allylic oxidation sites excluding steroid dienone is 2. The van der Waals surface area contributed by atoms with Gasteiger partial charge in [0.15, 0.2) is 0 Å². The summed E-state index contributed by atoms with van der Waals surface area (Å²) in [6.07, 6.45) is 3.39. The predicted octanol–water partition coefficient (Wildman–Crippen LogP) is 4.08. The molecule has 24 heavy (non-hydrogen) atoms. The van der Waals surface area contributed by atoms with Crippen LogP contribution in [0.5, 0.6) is 0 Å². The number of carbonyl (C=O) groups is 2. The van der Waals surface area contributed by atoms with Crippen LogP contribution in [-0.4, -0.2) is 22.2 Å². The molecular formula is C18H16BrFO4. The average molecular weight is 395 g/mol. The summed E-state index contributed by atoms with van der Waals surface area (Å²) in [5, 5.41) is 19.6. The molecule has 2 aliphatic carbocycles. The number of halogens is 2. The number of rotatable bonds is 4. The average Bonchev–Trinajstić information content (AvgIpc) is 3.34. The zero-order chi connectivity index (χ0) is 17.6. The van der Waals surface area contributed by atoms with Crippen molar-refractivity contribution in [3.05, 3.63) is 57.4 Å². The van der Waals surface area contributed by atoms with Gasteiger partial charge in [-0.3, -0.25) is 4.79 Å². The van der Waals surface area contributed by atoms with E-state index in [9.17, 15) is 24.2 Å². The Balaban J connectivity index is 2.29. The Morgan fingerprint density at radius 3 is 2.38 bits per heavy atom. The van der Waals surface area contributed by atoms with Gasteiger partial charge in [0.1, 0.15) is 5.82 Å². The van der Waals surface area contributed by atoms with Crippen molar-refractivity contribution in [2.75, 3.05) is 0 Å². The number of aliphatic carboxylic acids is 2. The smallest absolute Gasteiger partial charge is 0.333 e. The predicted molar refractivity (Wildman–Crippen MR) is 89.3 cm³/mol. The standard InChI is InChI=1S/C18H16BrFO4/c1-18(17(23)24)8-11(9-6-7-9)15(19)13(16(21)22)14(18)10-4-2-3-5-12(10)20/h2-5,8-9,14H,6-7H2,1H3,(H,21,22)(H,23,24). The number of carboxylic acid groups (broad SMARTS) is 2. The summed E-state index contributed by atoms with van der Waals surface area (Å²) < 4.78 is 14.7. The first-order valence-electron chi connectivity index (χ1n) is 7.61. The van der Waals surface area contributed by atoms with E-state index in [1.54, 1.807) is 12.1 Å². The highest BCUT2D eigenvalue weighted by Gasteiger charge is 2.51. The zero-order valence-electron chi connectivity index (χ0n) is 12.9. The van der Waals surface area contributed by atoms with E-state index in [1.165, 1.54) is 25.1 Å². The fourth-order valence-corrected chi connectivity index (χ4v) is 4.17. The fourth-order valence-electron chi connectivity index (χ4n) is 3.33. The SMILES string of the molecule is CC1(C(=O)O)C=C(C2CC2)C(Br)=C(C(=O)O)C1c1ccccc1F. The van der Waals surface area contributed by atoms with Crippen LogP contribution in [0.25, 0.3) is 0 Å². The minimum absolute atomic E-state index is 0.0721. The Morgan fingerprint density at radius 1 is 1.25 bits per heavy atom. The Labute approximate surface area is 146 Å². The lowest BCUT2D eigenvalue weighted by Gasteiger charge is -2.37. The van der Waals surface area contributed by atoms with Crippen molar-refractivity contribution >= 4 is 27.9 Å². The first-order valence-corrected chi connectivity index (χ1v) is 8.40. The van der Waals surface area contributed by atoms with Gasteiger partial charge in [0.25, 0.3) is 0 Å². The topological polar surface area (TPSA) is 74.6 Å². The van der Waals surface area contributed by atoms with E-state index in [-0.39, 0.29) is 17.1 Å². The highest BCUT2D eigenvalue weighted by Crippen LogP contribution is 2.55. The molecule has 1 saturated carbocycles. The van der Waals surface area contributed by atoms with E-state index >= 15 is 0 Å². The van der Waals surface area contributed by atoms with E-state index in [0.29, 0.717) is 10.1 Å². The molecule has 2 atom stereocenters. The summed E-state index contributed by atoms with van der Waals surface area (Å²) in [6, 6.07) is 5.73. The third kappa shape index (κ3) is 2.59. The van der Waals surface area contributed by atoms with Crippen molar-refractivity contribution < 1.29 is 24.2 Å². The number of hydrogen-bond acceptors (Lipinski definition) is 2. The highest BCUT2D eigenvalue weighted by molar-refractivity contribution is 9.12. The van der Waals surface area contributed by atoms with Crippen molar-refractivity contribution in [1.82, 2.24) is 0 Å². The molecule has 3 rings (SSSR count). The lowest BCUT2D eigenvalue weighted by molar-refractivity contribution is -0.146. The normalized spacial score (nSPS) is 27.0. The maximum Gasteiger partial charge on any atom is 0.333 e. The largest absolute Gasteiger partial charge is 0.481 e. The first-order chi connectivity index (χ1) is 11.3. The lowest BCUT2D eigenvalue weighted by atomic mass is 9.65. The van der Waals surface area contributed by atoms with Crippen LogP contribution in [0.15, 0.2) is 46.0 Å². The van der Waals surface area contributed by atoms with Crippen LogP contribution in [0.1, 0.15) is 31.2 Å². The van der Waals surface area contributed by atoms with Gasteiger partial charge in [-0.05, 0) is 58.8 Å². The minimum atomic E-state index is -1.54. The molecule has 2 N–H and O–H groups in total. The maximum atomic E-state index is 14.4. The number of hydrogen-bond donors (Lipinski definition) is 2. The second kappa shape index (κ2) is 5.84. The van der Waals surface area contributed by atoms with Crippen molar-refractivity contribution in [3.8, 4) is 0 Å². The zero-order valence-corrected chi connectivity index (χ0v) is 14.5. The van der Waals surface area contributed by atoms with Crippen molar-refractivity contribution in [1.29, 1.82) is 0 Å².